The number of amidine groups is 1. The fourth-order valence-corrected chi connectivity index (χ4v) is 4.57. The lowest BCUT2D eigenvalue weighted by Gasteiger charge is -2.26. The molecule has 4 aromatic carbocycles. The average molecular weight is 408 g/mol. The Bertz CT molecular complexity index is 1350. The Hall–Kier alpha value is -3.90. The highest BCUT2D eigenvalue weighted by Crippen LogP contribution is 2.35. The number of hydrogen-bond acceptors (Lipinski definition) is 6. The van der Waals surface area contributed by atoms with Crippen molar-refractivity contribution in [2.45, 2.75) is 0 Å². The van der Waals surface area contributed by atoms with Crippen molar-refractivity contribution in [3.63, 3.8) is 0 Å². The molecule has 0 amide bonds. The van der Waals surface area contributed by atoms with Gasteiger partial charge in [-0.1, -0.05) is 90.2 Å². The van der Waals surface area contributed by atoms with Gasteiger partial charge in [0.05, 0.1) is 15.9 Å². The van der Waals surface area contributed by atoms with Crippen molar-refractivity contribution in [1.82, 2.24) is 10.4 Å². The van der Waals surface area contributed by atoms with Gasteiger partial charge >= 0.3 is 0 Å². The minimum atomic E-state index is 0.780. The monoisotopic (exact) mass is 407 g/mol. The summed E-state index contributed by atoms with van der Waals surface area (Å²) >= 11 is 1.63. The third-order valence-corrected chi connectivity index (χ3v) is 6.10. The molecular formula is C24H17N5S. The van der Waals surface area contributed by atoms with Crippen LogP contribution in [0.4, 0.5) is 10.8 Å². The lowest BCUT2D eigenvalue weighted by molar-refractivity contribution is 0.770. The zero-order valence-electron chi connectivity index (χ0n) is 15.9. The van der Waals surface area contributed by atoms with Gasteiger partial charge in [-0.25, -0.2) is 4.98 Å². The number of anilines is 2. The maximum absolute atomic E-state index is 4.94. The molecule has 1 aliphatic rings. The second-order valence-corrected chi connectivity index (χ2v) is 8.00. The zero-order valence-corrected chi connectivity index (χ0v) is 16.8. The minimum Gasteiger partial charge on any atom is -0.256 e. The van der Waals surface area contributed by atoms with Crippen LogP contribution in [-0.4, -0.2) is 10.8 Å². The molecule has 0 saturated heterocycles. The van der Waals surface area contributed by atoms with E-state index in [1.807, 2.05) is 46.6 Å². The van der Waals surface area contributed by atoms with Gasteiger partial charge in [0.2, 0.25) is 5.13 Å². The van der Waals surface area contributed by atoms with Crippen LogP contribution in [0, 0.1) is 0 Å². The first-order valence-corrected chi connectivity index (χ1v) is 10.5. The molecule has 5 nitrogen and oxygen atoms in total. The Morgan fingerprint density at radius 3 is 2.40 bits per heavy atom. The van der Waals surface area contributed by atoms with E-state index in [-0.39, 0.29) is 0 Å². The number of para-hydroxylation sites is 1. The molecule has 0 fully saturated rings. The molecule has 1 N–H and O–H groups in total. The molecule has 0 bridgehead atoms. The maximum Gasteiger partial charge on any atom is 0.228 e. The van der Waals surface area contributed by atoms with E-state index < -0.39 is 0 Å². The number of rotatable bonds is 3. The van der Waals surface area contributed by atoms with Gasteiger partial charge in [-0.3, -0.25) is 5.43 Å². The number of aromatic nitrogens is 1. The van der Waals surface area contributed by atoms with Gasteiger partial charge in [0.1, 0.15) is 0 Å². The van der Waals surface area contributed by atoms with Crippen LogP contribution >= 0.6 is 11.3 Å². The second-order valence-electron chi connectivity index (χ2n) is 6.99. The van der Waals surface area contributed by atoms with Gasteiger partial charge in [0, 0.05) is 10.9 Å². The van der Waals surface area contributed by atoms with Crippen LogP contribution in [0.5, 0.6) is 0 Å². The summed E-state index contributed by atoms with van der Waals surface area (Å²) in [5, 5.41) is 11.9. The largest absolute Gasteiger partial charge is 0.256 e. The molecular weight excluding hydrogens is 390 g/mol. The van der Waals surface area contributed by atoms with Gasteiger partial charge in [-0.15, -0.1) is 15.3 Å². The standard InChI is InChI=1S/C24H17N5S/c1-2-10-18(11-3-1)23-26-28(21-15-8-12-17-9-4-5-13-19(17)21)29(27-23)24-25-20-14-6-7-16-22(20)30-24/h1-16H,(H,26,27). The Kier molecular flexibility index (Phi) is 3.89. The number of nitrogens with one attached hydrogen (secondary N) is 1. The fraction of sp³-hybridized carbons (Fsp3) is 0. The molecule has 0 spiro atoms. The maximum atomic E-state index is 4.94. The van der Waals surface area contributed by atoms with Crippen LogP contribution in [-0.2, 0) is 0 Å². The quantitative estimate of drug-likeness (QED) is 0.425. The van der Waals surface area contributed by atoms with E-state index in [1.54, 1.807) is 11.3 Å². The topological polar surface area (TPSA) is 43.8 Å². The lowest BCUT2D eigenvalue weighted by Crippen LogP contribution is -2.44. The van der Waals surface area contributed by atoms with Crippen molar-refractivity contribution < 1.29 is 0 Å². The number of hydrazine groups is 2. The molecule has 0 aliphatic carbocycles. The van der Waals surface area contributed by atoms with Crippen LogP contribution in [0.25, 0.3) is 21.0 Å². The summed E-state index contributed by atoms with van der Waals surface area (Å²) in [5.41, 5.74) is 6.44. The third-order valence-electron chi connectivity index (χ3n) is 5.09. The molecule has 2 heterocycles. The SMILES string of the molecule is c1ccc(C2=NN(c3cccc4ccccc34)N(c3nc4ccccc4s3)N2)cc1. The van der Waals surface area contributed by atoms with Gasteiger partial charge in [-0.05, 0) is 23.6 Å². The Morgan fingerprint density at radius 1 is 0.733 bits per heavy atom. The van der Waals surface area contributed by atoms with Gasteiger partial charge in [0.25, 0.3) is 0 Å². The minimum absolute atomic E-state index is 0.780. The molecule has 6 heteroatoms. The van der Waals surface area contributed by atoms with Gasteiger partial charge < -0.3 is 0 Å². The van der Waals surface area contributed by atoms with E-state index in [2.05, 4.69) is 66.1 Å². The van der Waals surface area contributed by atoms with Crippen molar-refractivity contribution in [3.8, 4) is 0 Å². The van der Waals surface area contributed by atoms with Crippen molar-refractivity contribution in [3.05, 3.63) is 103 Å². The van der Waals surface area contributed by atoms with E-state index in [9.17, 15) is 0 Å². The van der Waals surface area contributed by atoms with Gasteiger partial charge in [-0.2, -0.15) is 0 Å². The van der Waals surface area contributed by atoms with E-state index in [0.717, 1.165) is 37.8 Å². The molecule has 144 valence electrons. The predicted molar refractivity (Wildman–Crippen MR) is 125 cm³/mol. The summed E-state index contributed by atoms with van der Waals surface area (Å²) in [6, 6.07) is 32.9. The summed E-state index contributed by atoms with van der Waals surface area (Å²) in [6.07, 6.45) is 0. The highest BCUT2D eigenvalue weighted by atomic mass is 32.1. The van der Waals surface area contributed by atoms with Crippen LogP contribution in [0.3, 0.4) is 0 Å². The Balaban J connectivity index is 1.52. The van der Waals surface area contributed by atoms with Crippen LogP contribution in [0.15, 0.2) is 102 Å². The summed E-state index contributed by atoms with van der Waals surface area (Å²) in [6.45, 7) is 0. The number of hydrogen-bond donors (Lipinski definition) is 1. The highest BCUT2D eigenvalue weighted by molar-refractivity contribution is 7.22. The van der Waals surface area contributed by atoms with Crippen LogP contribution < -0.4 is 15.7 Å². The van der Waals surface area contributed by atoms with E-state index in [0.29, 0.717) is 0 Å². The Labute approximate surface area is 177 Å². The highest BCUT2D eigenvalue weighted by Gasteiger charge is 2.29. The third kappa shape index (κ3) is 2.77. The van der Waals surface area contributed by atoms with Crippen molar-refractivity contribution >= 4 is 49.0 Å². The number of benzene rings is 4. The van der Waals surface area contributed by atoms with Crippen molar-refractivity contribution in [1.29, 1.82) is 0 Å². The molecule has 6 rings (SSSR count). The molecule has 1 aromatic heterocycles. The molecule has 0 unspecified atom stereocenters. The molecule has 0 radical (unpaired) electrons. The molecule has 1 aliphatic heterocycles. The fourth-order valence-electron chi connectivity index (χ4n) is 3.65. The Morgan fingerprint density at radius 2 is 1.50 bits per heavy atom. The summed E-state index contributed by atoms with van der Waals surface area (Å²) < 4.78 is 1.14. The molecule has 30 heavy (non-hydrogen) atoms. The van der Waals surface area contributed by atoms with E-state index in [4.69, 9.17) is 10.1 Å². The first kappa shape index (κ1) is 17.0. The van der Waals surface area contributed by atoms with Crippen molar-refractivity contribution in [2.24, 2.45) is 5.10 Å². The van der Waals surface area contributed by atoms with Gasteiger partial charge in [0.15, 0.2) is 5.84 Å². The smallest absolute Gasteiger partial charge is 0.228 e. The van der Waals surface area contributed by atoms with E-state index in [1.165, 1.54) is 5.39 Å². The first-order valence-electron chi connectivity index (χ1n) is 9.71. The van der Waals surface area contributed by atoms with E-state index >= 15 is 0 Å². The van der Waals surface area contributed by atoms with Crippen LogP contribution in [0.1, 0.15) is 5.56 Å². The molecule has 0 saturated carbocycles. The normalized spacial score (nSPS) is 13.7. The first-order chi connectivity index (χ1) is 14.9. The second kappa shape index (κ2) is 6.86. The average Bonchev–Trinajstić information content (AvgIpc) is 3.44. The summed E-state index contributed by atoms with van der Waals surface area (Å²) in [7, 11) is 0. The molecule has 5 aromatic rings. The summed E-state index contributed by atoms with van der Waals surface area (Å²) in [5.74, 6) is 0.780. The number of nitrogens with zero attached hydrogens (tertiary/aromatic N) is 4. The number of fused-ring (bicyclic) bond motifs is 2. The summed E-state index contributed by atoms with van der Waals surface area (Å²) in [4.78, 5) is 4.85. The lowest BCUT2D eigenvalue weighted by atomic mass is 10.1. The van der Waals surface area contributed by atoms with Crippen molar-refractivity contribution in [2.75, 3.05) is 10.2 Å². The predicted octanol–water partition coefficient (Wildman–Crippen LogP) is 5.56. The number of hydrazone groups is 1. The zero-order chi connectivity index (χ0) is 19.9. The number of thiazole rings is 1. The van der Waals surface area contributed by atoms with Crippen LogP contribution in [0.2, 0.25) is 0 Å². The molecule has 0 atom stereocenters.